The minimum Gasteiger partial charge on any atom is -0.325 e. The van der Waals surface area contributed by atoms with Gasteiger partial charge in [0.2, 0.25) is 0 Å². The van der Waals surface area contributed by atoms with Crippen LogP contribution < -0.4 is 5.73 Å². The van der Waals surface area contributed by atoms with E-state index in [0.29, 0.717) is 6.54 Å². The summed E-state index contributed by atoms with van der Waals surface area (Å²) in [6.07, 6.45) is 0. The molecule has 0 aliphatic carbocycles. The van der Waals surface area contributed by atoms with Gasteiger partial charge in [0.1, 0.15) is 0 Å². The quantitative estimate of drug-likeness (QED) is 0.601. The number of nitro benzene ring substituents is 1. The van der Waals surface area contributed by atoms with Crippen molar-refractivity contribution in [2.75, 3.05) is 0 Å². The molecule has 1 heterocycles. The van der Waals surface area contributed by atoms with Crippen LogP contribution in [0.5, 0.6) is 0 Å². The highest BCUT2D eigenvalue weighted by molar-refractivity contribution is 5.60. The standard InChI is InChI=1S/C10H10N4O2/c11-6-8-5-10(13-12-8)7-1-3-9(4-2-7)14(15)16/h1-5H,6,11H2,(H,12,13). The lowest BCUT2D eigenvalue weighted by Crippen LogP contribution is -1.95. The van der Waals surface area contributed by atoms with Crippen LogP contribution in [0.3, 0.4) is 0 Å². The lowest BCUT2D eigenvalue weighted by molar-refractivity contribution is -0.384. The Balaban J connectivity index is 2.30. The van der Waals surface area contributed by atoms with E-state index in [9.17, 15) is 10.1 Å². The molecule has 16 heavy (non-hydrogen) atoms. The molecular formula is C10H10N4O2. The average molecular weight is 218 g/mol. The maximum absolute atomic E-state index is 10.5. The van der Waals surface area contributed by atoms with Gasteiger partial charge in [-0.1, -0.05) is 0 Å². The number of hydrogen-bond acceptors (Lipinski definition) is 4. The molecule has 2 rings (SSSR count). The van der Waals surface area contributed by atoms with E-state index in [1.54, 1.807) is 12.1 Å². The van der Waals surface area contributed by atoms with Crippen LogP contribution in [-0.2, 0) is 6.54 Å². The molecule has 0 unspecified atom stereocenters. The Labute approximate surface area is 91.2 Å². The zero-order valence-corrected chi connectivity index (χ0v) is 8.38. The highest BCUT2D eigenvalue weighted by Gasteiger charge is 2.07. The first-order chi connectivity index (χ1) is 7.70. The monoisotopic (exact) mass is 218 g/mol. The number of nitrogens with zero attached hydrogens (tertiary/aromatic N) is 2. The molecule has 3 N–H and O–H groups in total. The smallest absolute Gasteiger partial charge is 0.269 e. The second-order valence-electron chi connectivity index (χ2n) is 3.29. The first kappa shape index (κ1) is 10.3. The largest absolute Gasteiger partial charge is 0.325 e. The van der Waals surface area contributed by atoms with Gasteiger partial charge in [-0.2, -0.15) is 5.10 Å². The molecule has 0 radical (unpaired) electrons. The van der Waals surface area contributed by atoms with Gasteiger partial charge in [-0.25, -0.2) is 0 Å². The Morgan fingerprint density at radius 2 is 2.06 bits per heavy atom. The third-order valence-corrected chi connectivity index (χ3v) is 2.22. The van der Waals surface area contributed by atoms with Crippen molar-refractivity contribution < 1.29 is 4.92 Å². The van der Waals surface area contributed by atoms with Gasteiger partial charge in [0.05, 0.1) is 10.6 Å². The summed E-state index contributed by atoms with van der Waals surface area (Å²) < 4.78 is 0. The highest BCUT2D eigenvalue weighted by atomic mass is 16.6. The van der Waals surface area contributed by atoms with Gasteiger partial charge in [0.25, 0.3) is 5.69 Å². The fourth-order valence-electron chi connectivity index (χ4n) is 1.37. The molecule has 0 saturated heterocycles. The Bertz CT molecular complexity index is 504. The third kappa shape index (κ3) is 1.91. The zero-order valence-electron chi connectivity index (χ0n) is 8.38. The number of rotatable bonds is 3. The predicted octanol–water partition coefficient (Wildman–Crippen LogP) is 1.44. The molecule has 0 atom stereocenters. The number of nitrogens with one attached hydrogen (secondary N) is 1. The first-order valence-corrected chi connectivity index (χ1v) is 4.70. The van der Waals surface area contributed by atoms with Gasteiger partial charge in [-0.3, -0.25) is 15.2 Å². The van der Waals surface area contributed by atoms with Gasteiger partial charge in [-0.05, 0) is 18.2 Å². The maximum Gasteiger partial charge on any atom is 0.269 e. The van der Waals surface area contributed by atoms with E-state index >= 15 is 0 Å². The van der Waals surface area contributed by atoms with E-state index in [1.807, 2.05) is 6.07 Å². The number of H-pyrrole nitrogens is 1. The summed E-state index contributed by atoms with van der Waals surface area (Å²) >= 11 is 0. The fourth-order valence-corrected chi connectivity index (χ4v) is 1.37. The first-order valence-electron chi connectivity index (χ1n) is 4.70. The van der Waals surface area contributed by atoms with Crippen molar-refractivity contribution in [3.63, 3.8) is 0 Å². The Hall–Kier alpha value is -2.21. The minimum absolute atomic E-state index is 0.0679. The summed E-state index contributed by atoms with van der Waals surface area (Å²) in [6, 6.07) is 8.04. The summed E-state index contributed by atoms with van der Waals surface area (Å²) in [7, 11) is 0. The highest BCUT2D eigenvalue weighted by Crippen LogP contribution is 2.20. The molecule has 0 aliphatic rings. The fraction of sp³-hybridized carbons (Fsp3) is 0.100. The molecule has 0 saturated carbocycles. The zero-order chi connectivity index (χ0) is 11.5. The van der Waals surface area contributed by atoms with Gasteiger partial charge in [-0.15, -0.1) is 0 Å². The van der Waals surface area contributed by atoms with Crippen LogP contribution in [0, 0.1) is 10.1 Å². The molecule has 0 aliphatic heterocycles. The predicted molar refractivity (Wildman–Crippen MR) is 58.6 cm³/mol. The van der Waals surface area contributed by atoms with E-state index in [1.165, 1.54) is 12.1 Å². The number of aromatic amines is 1. The second-order valence-corrected chi connectivity index (χ2v) is 3.29. The van der Waals surface area contributed by atoms with Crippen LogP contribution in [0.25, 0.3) is 11.3 Å². The van der Waals surface area contributed by atoms with Crippen LogP contribution in [0.4, 0.5) is 5.69 Å². The molecule has 6 nitrogen and oxygen atoms in total. The number of non-ortho nitro benzene ring substituents is 1. The van der Waals surface area contributed by atoms with Crippen LogP contribution >= 0.6 is 0 Å². The van der Waals surface area contributed by atoms with Gasteiger partial charge in [0, 0.05) is 29.9 Å². The summed E-state index contributed by atoms with van der Waals surface area (Å²) in [5, 5.41) is 17.3. The average Bonchev–Trinajstić information content (AvgIpc) is 2.77. The van der Waals surface area contributed by atoms with Crippen molar-refractivity contribution in [2.24, 2.45) is 5.73 Å². The summed E-state index contributed by atoms with van der Waals surface area (Å²) in [6.45, 7) is 0.389. The van der Waals surface area contributed by atoms with Crippen molar-refractivity contribution in [1.82, 2.24) is 10.2 Å². The summed E-state index contributed by atoms with van der Waals surface area (Å²) in [5.41, 5.74) is 7.89. The van der Waals surface area contributed by atoms with Crippen LogP contribution in [0.2, 0.25) is 0 Å². The molecule has 2 aromatic rings. The molecule has 0 bridgehead atoms. The van der Waals surface area contributed by atoms with Crippen molar-refractivity contribution in [1.29, 1.82) is 0 Å². The lowest BCUT2D eigenvalue weighted by Gasteiger charge is -1.95. The Kier molecular flexibility index (Phi) is 2.65. The molecule has 0 spiro atoms. The van der Waals surface area contributed by atoms with E-state index in [4.69, 9.17) is 5.73 Å². The van der Waals surface area contributed by atoms with Gasteiger partial charge in [0.15, 0.2) is 0 Å². The van der Waals surface area contributed by atoms with Crippen molar-refractivity contribution >= 4 is 5.69 Å². The number of nitro groups is 1. The Morgan fingerprint density at radius 1 is 1.38 bits per heavy atom. The normalized spacial score (nSPS) is 10.3. The number of aromatic nitrogens is 2. The van der Waals surface area contributed by atoms with E-state index < -0.39 is 4.92 Å². The molecule has 82 valence electrons. The number of benzene rings is 1. The van der Waals surface area contributed by atoms with Crippen LogP contribution in [0.1, 0.15) is 5.69 Å². The SMILES string of the molecule is NCc1cc(-c2ccc([N+](=O)[O-])cc2)n[nH]1. The van der Waals surface area contributed by atoms with Crippen molar-refractivity contribution in [3.8, 4) is 11.3 Å². The lowest BCUT2D eigenvalue weighted by atomic mass is 10.1. The number of nitrogens with two attached hydrogens (primary N) is 1. The second kappa shape index (κ2) is 4.11. The molecule has 6 heteroatoms. The van der Waals surface area contributed by atoms with Gasteiger partial charge >= 0.3 is 0 Å². The maximum atomic E-state index is 10.5. The van der Waals surface area contributed by atoms with Crippen LogP contribution in [0.15, 0.2) is 30.3 Å². The van der Waals surface area contributed by atoms with E-state index in [-0.39, 0.29) is 5.69 Å². The Morgan fingerprint density at radius 3 is 2.56 bits per heavy atom. The molecule has 0 amide bonds. The molecule has 1 aromatic heterocycles. The molecule has 1 aromatic carbocycles. The van der Waals surface area contributed by atoms with Crippen molar-refractivity contribution in [3.05, 3.63) is 46.1 Å². The van der Waals surface area contributed by atoms with Gasteiger partial charge < -0.3 is 5.73 Å². The topological polar surface area (TPSA) is 97.8 Å². The molecular weight excluding hydrogens is 208 g/mol. The third-order valence-electron chi connectivity index (χ3n) is 2.22. The summed E-state index contributed by atoms with van der Waals surface area (Å²) in [4.78, 5) is 10.0. The van der Waals surface area contributed by atoms with Crippen LogP contribution in [-0.4, -0.2) is 15.1 Å². The number of hydrogen-bond donors (Lipinski definition) is 2. The summed E-state index contributed by atoms with van der Waals surface area (Å²) in [5.74, 6) is 0. The van der Waals surface area contributed by atoms with E-state index in [2.05, 4.69) is 10.2 Å². The van der Waals surface area contributed by atoms with Crippen molar-refractivity contribution in [2.45, 2.75) is 6.54 Å². The van der Waals surface area contributed by atoms with E-state index in [0.717, 1.165) is 17.0 Å². The molecule has 0 fully saturated rings. The minimum atomic E-state index is -0.431.